The van der Waals surface area contributed by atoms with E-state index in [2.05, 4.69) is 10.6 Å². The summed E-state index contributed by atoms with van der Waals surface area (Å²) in [6.07, 6.45) is -2.85. The normalized spacial score (nSPS) is 17.9. The first kappa shape index (κ1) is 18.7. The standard InChI is InChI=1S/C14H16F4N2O.ClH/c15-12-3-2-10(7-11(12)14(16,17)18)20-13(21)4-1-9-5-6-19-8-9;/h2-3,7,9,19H,1,4-6,8H2,(H,20,21);1H. The zero-order chi connectivity index (χ0) is 15.5. The fourth-order valence-corrected chi connectivity index (χ4v) is 2.34. The van der Waals surface area contributed by atoms with Crippen LogP contribution in [0, 0.1) is 11.7 Å². The minimum Gasteiger partial charge on any atom is -0.326 e. The Labute approximate surface area is 131 Å². The molecule has 1 aliphatic rings. The number of carbonyl (C=O) groups excluding carboxylic acids is 1. The first-order chi connectivity index (χ1) is 9.86. The molecule has 1 atom stereocenters. The molecule has 0 aromatic heterocycles. The summed E-state index contributed by atoms with van der Waals surface area (Å²) in [4.78, 5) is 11.7. The molecule has 1 aromatic carbocycles. The molecule has 3 nitrogen and oxygen atoms in total. The summed E-state index contributed by atoms with van der Waals surface area (Å²) in [5.41, 5.74) is -1.42. The topological polar surface area (TPSA) is 41.1 Å². The van der Waals surface area contributed by atoms with Gasteiger partial charge in [0.15, 0.2) is 0 Å². The number of carbonyl (C=O) groups is 1. The third-order valence-corrected chi connectivity index (χ3v) is 3.50. The molecule has 0 aliphatic carbocycles. The van der Waals surface area contributed by atoms with Gasteiger partial charge < -0.3 is 10.6 Å². The Balaban J connectivity index is 0.00000242. The van der Waals surface area contributed by atoms with Crippen LogP contribution in [0.25, 0.3) is 0 Å². The van der Waals surface area contributed by atoms with Gasteiger partial charge in [0, 0.05) is 12.1 Å². The van der Waals surface area contributed by atoms with E-state index in [0.717, 1.165) is 25.6 Å². The first-order valence-corrected chi connectivity index (χ1v) is 6.73. The smallest absolute Gasteiger partial charge is 0.326 e. The van der Waals surface area contributed by atoms with Crippen LogP contribution in [0.15, 0.2) is 18.2 Å². The Bertz CT molecular complexity index is 516. The predicted octanol–water partition coefficient (Wildman–Crippen LogP) is 3.59. The van der Waals surface area contributed by atoms with Crippen LogP contribution in [0.3, 0.4) is 0 Å². The van der Waals surface area contributed by atoms with Crippen molar-refractivity contribution < 1.29 is 22.4 Å². The van der Waals surface area contributed by atoms with E-state index in [1.807, 2.05) is 0 Å². The lowest BCUT2D eigenvalue weighted by atomic mass is 10.0. The number of alkyl halides is 3. The second kappa shape index (κ2) is 7.78. The van der Waals surface area contributed by atoms with Crippen LogP contribution in [0.4, 0.5) is 23.2 Å². The molecular formula is C14H17ClF4N2O. The highest BCUT2D eigenvalue weighted by Gasteiger charge is 2.34. The molecule has 2 N–H and O–H groups in total. The second-order valence-electron chi connectivity index (χ2n) is 5.14. The summed E-state index contributed by atoms with van der Waals surface area (Å²) >= 11 is 0. The molecule has 1 saturated heterocycles. The maximum atomic E-state index is 13.1. The fourth-order valence-electron chi connectivity index (χ4n) is 2.34. The number of benzene rings is 1. The molecule has 0 spiro atoms. The molecule has 0 radical (unpaired) electrons. The van der Waals surface area contributed by atoms with Gasteiger partial charge in [0.2, 0.25) is 5.91 Å². The van der Waals surface area contributed by atoms with Gasteiger partial charge in [-0.25, -0.2) is 4.39 Å². The van der Waals surface area contributed by atoms with Crippen LogP contribution < -0.4 is 10.6 Å². The van der Waals surface area contributed by atoms with E-state index in [0.29, 0.717) is 24.5 Å². The minimum atomic E-state index is -4.78. The number of nitrogens with one attached hydrogen (secondary N) is 2. The highest BCUT2D eigenvalue weighted by atomic mass is 35.5. The van der Waals surface area contributed by atoms with Gasteiger partial charge in [-0.1, -0.05) is 0 Å². The van der Waals surface area contributed by atoms with Gasteiger partial charge in [-0.15, -0.1) is 12.4 Å². The van der Waals surface area contributed by atoms with Crippen molar-refractivity contribution in [3.8, 4) is 0 Å². The first-order valence-electron chi connectivity index (χ1n) is 6.73. The maximum absolute atomic E-state index is 13.1. The molecule has 1 heterocycles. The Hall–Kier alpha value is -1.34. The molecule has 1 fully saturated rings. The van der Waals surface area contributed by atoms with Crippen molar-refractivity contribution in [1.29, 1.82) is 0 Å². The number of hydrogen-bond acceptors (Lipinski definition) is 2. The highest BCUT2D eigenvalue weighted by Crippen LogP contribution is 2.33. The van der Waals surface area contributed by atoms with Gasteiger partial charge in [0.25, 0.3) is 0 Å². The monoisotopic (exact) mass is 340 g/mol. The van der Waals surface area contributed by atoms with Crippen LogP contribution in [0.1, 0.15) is 24.8 Å². The number of halogens is 5. The molecular weight excluding hydrogens is 324 g/mol. The van der Waals surface area contributed by atoms with Crippen molar-refractivity contribution >= 4 is 24.0 Å². The van der Waals surface area contributed by atoms with E-state index in [4.69, 9.17) is 0 Å². The largest absolute Gasteiger partial charge is 0.419 e. The highest BCUT2D eigenvalue weighted by molar-refractivity contribution is 5.90. The van der Waals surface area contributed by atoms with Crippen molar-refractivity contribution in [3.63, 3.8) is 0 Å². The Morgan fingerprint density at radius 3 is 2.68 bits per heavy atom. The van der Waals surface area contributed by atoms with Gasteiger partial charge in [-0.05, 0) is 50.0 Å². The summed E-state index contributed by atoms with van der Waals surface area (Å²) in [5, 5.41) is 5.56. The lowest BCUT2D eigenvalue weighted by Crippen LogP contribution is -2.16. The third kappa shape index (κ3) is 5.14. The van der Waals surface area contributed by atoms with E-state index in [1.165, 1.54) is 0 Å². The van der Waals surface area contributed by atoms with Gasteiger partial charge >= 0.3 is 6.18 Å². The number of anilines is 1. The molecule has 1 amide bonds. The van der Waals surface area contributed by atoms with E-state index < -0.39 is 17.6 Å². The number of hydrogen-bond donors (Lipinski definition) is 2. The van der Waals surface area contributed by atoms with Crippen molar-refractivity contribution in [2.24, 2.45) is 5.92 Å². The summed E-state index contributed by atoms with van der Waals surface area (Å²) < 4.78 is 50.8. The van der Waals surface area contributed by atoms with E-state index in [1.54, 1.807) is 0 Å². The Morgan fingerprint density at radius 2 is 2.09 bits per heavy atom. The SMILES string of the molecule is Cl.O=C(CCC1CCNC1)Nc1ccc(F)c(C(F)(F)F)c1. The molecule has 0 bridgehead atoms. The lowest BCUT2D eigenvalue weighted by molar-refractivity contribution is -0.140. The average molecular weight is 341 g/mol. The average Bonchev–Trinajstić information content (AvgIpc) is 2.90. The van der Waals surface area contributed by atoms with Gasteiger partial charge in [0.1, 0.15) is 5.82 Å². The molecule has 124 valence electrons. The minimum absolute atomic E-state index is 0. The van der Waals surface area contributed by atoms with Crippen molar-refractivity contribution in [3.05, 3.63) is 29.6 Å². The van der Waals surface area contributed by atoms with E-state index in [-0.39, 0.29) is 30.4 Å². The van der Waals surface area contributed by atoms with Gasteiger partial charge in [0.05, 0.1) is 5.56 Å². The van der Waals surface area contributed by atoms with Crippen molar-refractivity contribution in [2.45, 2.75) is 25.4 Å². The molecule has 2 rings (SSSR count). The lowest BCUT2D eigenvalue weighted by Gasteiger charge is -2.12. The second-order valence-corrected chi connectivity index (χ2v) is 5.14. The van der Waals surface area contributed by atoms with Crippen molar-refractivity contribution in [1.82, 2.24) is 5.32 Å². The Morgan fingerprint density at radius 1 is 1.36 bits per heavy atom. The van der Waals surface area contributed by atoms with Gasteiger partial charge in [-0.2, -0.15) is 13.2 Å². The van der Waals surface area contributed by atoms with E-state index in [9.17, 15) is 22.4 Å². The third-order valence-electron chi connectivity index (χ3n) is 3.50. The van der Waals surface area contributed by atoms with Gasteiger partial charge in [-0.3, -0.25) is 4.79 Å². The molecule has 22 heavy (non-hydrogen) atoms. The maximum Gasteiger partial charge on any atom is 0.419 e. The predicted molar refractivity (Wildman–Crippen MR) is 77.5 cm³/mol. The van der Waals surface area contributed by atoms with Crippen molar-refractivity contribution in [2.75, 3.05) is 18.4 Å². The fraction of sp³-hybridized carbons (Fsp3) is 0.500. The molecule has 0 saturated carbocycles. The molecule has 8 heteroatoms. The number of amides is 1. The molecule has 1 aliphatic heterocycles. The zero-order valence-corrected chi connectivity index (χ0v) is 12.5. The van der Waals surface area contributed by atoms with Crippen LogP contribution >= 0.6 is 12.4 Å². The van der Waals surface area contributed by atoms with Crippen LogP contribution in [0.2, 0.25) is 0 Å². The summed E-state index contributed by atoms with van der Waals surface area (Å²) in [5.74, 6) is -1.28. The van der Waals surface area contributed by atoms with Crippen LogP contribution in [-0.2, 0) is 11.0 Å². The van der Waals surface area contributed by atoms with Crippen LogP contribution in [-0.4, -0.2) is 19.0 Å². The summed E-state index contributed by atoms with van der Waals surface area (Å²) in [6.45, 7) is 1.79. The summed E-state index contributed by atoms with van der Waals surface area (Å²) in [6, 6.07) is 2.45. The zero-order valence-electron chi connectivity index (χ0n) is 11.7. The quantitative estimate of drug-likeness (QED) is 0.822. The Kier molecular flexibility index (Phi) is 6.62. The van der Waals surface area contributed by atoms with Crippen LogP contribution in [0.5, 0.6) is 0 Å². The van der Waals surface area contributed by atoms with E-state index >= 15 is 0 Å². The number of rotatable bonds is 4. The molecule has 1 unspecified atom stereocenters. The summed E-state index contributed by atoms with van der Waals surface area (Å²) in [7, 11) is 0. The molecule has 1 aromatic rings.